The molecule has 2 unspecified atom stereocenters. The summed E-state index contributed by atoms with van der Waals surface area (Å²) >= 11 is 0. The van der Waals surface area contributed by atoms with Crippen LogP contribution in [0.2, 0.25) is 0 Å². The molecule has 0 heterocycles. The summed E-state index contributed by atoms with van der Waals surface area (Å²) in [4.78, 5) is 4.45. The molecule has 0 saturated heterocycles. The zero-order valence-electron chi connectivity index (χ0n) is 17.1. The van der Waals surface area contributed by atoms with Crippen molar-refractivity contribution in [3.8, 4) is 0 Å². The van der Waals surface area contributed by atoms with Gasteiger partial charge in [-0.1, -0.05) is 43.7 Å². The predicted octanol–water partition coefficient (Wildman–Crippen LogP) is 3.07. The Balaban J connectivity index is 0.00000392. The highest BCUT2D eigenvalue weighted by Crippen LogP contribution is 2.25. The molecule has 1 aromatic carbocycles. The van der Waals surface area contributed by atoms with Crippen LogP contribution in [0.4, 0.5) is 0 Å². The Morgan fingerprint density at radius 1 is 1.21 bits per heavy atom. The highest BCUT2D eigenvalue weighted by molar-refractivity contribution is 14.0. The van der Waals surface area contributed by atoms with Gasteiger partial charge in [0.05, 0.1) is 12.3 Å². The normalized spacial score (nSPS) is 17.2. The summed E-state index contributed by atoms with van der Waals surface area (Å²) in [6, 6.07) is 10.5. The van der Waals surface area contributed by atoms with Crippen LogP contribution in [0.15, 0.2) is 35.3 Å². The van der Waals surface area contributed by atoms with Crippen LogP contribution in [0, 0.1) is 5.92 Å². The van der Waals surface area contributed by atoms with Crippen LogP contribution in [0.25, 0.3) is 0 Å². The van der Waals surface area contributed by atoms with Gasteiger partial charge in [-0.2, -0.15) is 0 Å². The molecule has 8 heteroatoms. The molecule has 160 valence electrons. The zero-order valence-corrected chi connectivity index (χ0v) is 20.3. The highest BCUT2D eigenvalue weighted by atomic mass is 127. The molecule has 1 aromatic rings. The molecule has 1 aliphatic rings. The predicted molar refractivity (Wildman–Crippen MR) is 128 cm³/mol. The van der Waals surface area contributed by atoms with Gasteiger partial charge in [0.1, 0.15) is 0 Å². The second-order valence-electron chi connectivity index (χ2n) is 7.36. The molecule has 1 aliphatic carbocycles. The Morgan fingerprint density at radius 2 is 1.89 bits per heavy atom. The van der Waals surface area contributed by atoms with Gasteiger partial charge in [0.2, 0.25) is 10.0 Å². The number of nitrogens with one attached hydrogen (secondary N) is 3. The maximum absolute atomic E-state index is 12.1. The van der Waals surface area contributed by atoms with Crippen molar-refractivity contribution in [3.05, 3.63) is 35.9 Å². The van der Waals surface area contributed by atoms with Crippen molar-refractivity contribution in [2.75, 3.05) is 25.4 Å². The molecule has 28 heavy (non-hydrogen) atoms. The molecule has 2 atom stereocenters. The van der Waals surface area contributed by atoms with E-state index in [1.54, 1.807) is 0 Å². The van der Waals surface area contributed by atoms with Gasteiger partial charge in [-0.15, -0.1) is 24.0 Å². The van der Waals surface area contributed by atoms with Crippen LogP contribution >= 0.6 is 24.0 Å². The first-order valence-corrected chi connectivity index (χ1v) is 11.6. The maximum Gasteiger partial charge on any atom is 0.213 e. The van der Waals surface area contributed by atoms with E-state index in [0.717, 1.165) is 19.4 Å². The summed E-state index contributed by atoms with van der Waals surface area (Å²) in [7, 11) is -3.26. The van der Waals surface area contributed by atoms with E-state index in [4.69, 9.17) is 0 Å². The van der Waals surface area contributed by atoms with E-state index in [1.165, 1.54) is 12.0 Å². The summed E-state index contributed by atoms with van der Waals surface area (Å²) in [5, 5.41) is 6.59. The fourth-order valence-electron chi connectivity index (χ4n) is 3.00. The molecule has 0 bridgehead atoms. The molecule has 6 nitrogen and oxygen atoms in total. The second-order valence-corrected chi connectivity index (χ2v) is 9.28. The van der Waals surface area contributed by atoms with Crippen molar-refractivity contribution < 1.29 is 8.42 Å². The quantitative estimate of drug-likeness (QED) is 0.251. The first-order chi connectivity index (χ1) is 12.9. The van der Waals surface area contributed by atoms with Crippen LogP contribution in [0.5, 0.6) is 0 Å². The monoisotopic (exact) mass is 522 g/mol. The van der Waals surface area contributed by atoms with Crippen LogP contribution in [-0.4, -0.2) is 45.8 Å². The number of hydrogen-bond acceptors (Lipinski definition) is 3. The van der Waals surface area contributed by atoms with E-state index in [1.807, 2.05) is 25.1 Å². The van der Waals surface area contributed by atoms with Crippen molar-refractivity contribution >= 4 is 40.0 Å². The SMILES string of the molecule is CCNC(=NCCS(=O)(=O)NCC1CCC1)NC(C)C(C)c1ccccc1.I. The van der Waals surface area contributed by atoms with Crippen LogP contribution in [0.3, 0.4) is 0 Å². The standard InChI is InChI=1S/C20H34N4O2S.HI/c1-4-21-20(24-17(3)16(2)19-11-6-5-7-12-19)22-13-14-27(25,26)23-15-18-9-8-10-18;/h5-7,11-12,16-18,23H,4,8-10,13-15H2,1-3H3,(H2,21,22,24);1H. The van der Waals surface area contributed by atoms with E-state index in [0.29, 0.717) is 24.3 Å². The summed E-state index contributed by atoms with van der Waals surface area (Å²) in [6.45, 7) is 7.81. The van der Waals surface area contributed by atoms with Crippen molar-refractivity contribution in [1.82, 2.24) is 15.4 Å². The zero-order chi connectivity index (χ0) is 19.7. The van der Waals surface area contributed by atoms with Crippen LogP contribution in [-0.2, 0) is 10.0 Å². The second kappa shape index (κ2) is 12.6. The fourth-order valence-corrected chi connectivity index (χ4v) is 3.96. The van der Waals surface area contributed by atoms with E-state index in [9.17, 15) is 8.42 Å². The molecule has 1 fully saturated rings. The topological polar surface area (TPSA) is 82.6 Å². The summed E-state index contributed by atoms with van der Waals surface area (Å²) < 4.78 is 26.9. The molecule has 0 amide bonds. The molecule has 0 aromatic heterocycles. The third-order valence-electron chi connectivity index (χ3n) is 5.23. The van der Waals surface area contributed by atoms with E-state index in [2.05, 4.69) is 46.3 Å². The van der Waals surface area contributed by atoms with E-state index in [-0.39, 0.29) is 42.3 Å². The van der Waals surface area contributed by atoms with Crippen LogP contribution in [0.1, 0.15) is 51.5 Å². The lowest BCUT2D eigenvalue weighted by Gasteiger charge is -2.25. The highest BCUT2D eigenvalue weighted by Gasteiger charge is 2.20. The summed E-state index contributed by atoms with van der Waals surface area (Å²) in [5.41, 5.74) is 1.26. The number of rotatable bonds is 10. The smallest absolute Gasteiger partial charge is 0.213 e. The lowest BCUT2D eigenvalue weighted by Crippen LogP contribution is -2.44. The van der Waals surface area contributed by atoms with Crippen molar-refractivity contribution in [1.29, 1.82) is 0 Å². The minimum atomic E-state index is -3.26. The average Bonchev–Trinajstić information content (AvgIpc) is 2.60. The Hall–Kier alpha value is -0.870. The Kier molecular flexibility index (Phi) is 11.4. The van der Waals surface area contributed by atoms with E-state index < -0.39 is 10.0 Å². The average molecular weight is 522 g/mol. The molecule has 0 spiro atoms. The lowest BCUT2D eigenvalue weighted by atomic mass is 9.86. The summed E-state index contributed by atoms with van der Waals surface area (Å²) in [6.07, 6.45) is 3.48. The number of guanidine groups is 1. The molecular formula is C20H35IN4O2S. The van der Waals surface area contributed by atoms with Gasteiger partial charge in [-0.3, -0.25) is 4.99 Å². The number of benzene rings is 1. The van der Waals surface area contributed by atoms with Gasteiger partial charge in [0, 0.05) is 25.0 Å². The fraction of sp³-hybridized carbons (Fsp3) is 0.650. The number of sulfonamides is 1. The maximum atomic E-state index is 12.1. The number of aliphatic imine (C=N–C) groups is 1. The van der Waals surface area contributed by atoms with Crippen molar-refractivity contribution in [2.24, 2.45) is 10.9 Å². The lowest BCUT2D eigenvalue weighted by molar-refractivity contribution is 0.316. The third-order valence-corrected chi connectivity index (χ3v) is 6.56. The van der Waals surface area contributed by atoms with Crippen molar-refractivity contribution in [3.63, 3.8) is 0 Å². The van der Waals surface area contributed by atoms with Gasteiger partial charge in [-0.05, 0) is 38.2 Å². The van der Waals surface area contributed by atoms with Gasteiger partial charge >= 0.3 is 0 Å². The molecule has 2 rings (SSSR count). The Labute approximate surface area is 187 Å². The first-order valence-electron chi connectivity index (χ1n) is 9.98. The number of hydrogen-bond donors (Lipinski definition) is 3. The number of nitrogens with zero attached hydrogens (tertiary/aromatic N) is 1. The largest absolute Gasteiger partial charge is 0.357 e. The Bertz CT molecular complexity index is 693. The summed E-state index contributed by atoms with van der Waals surface area (Å²) in [5.74, 6) is 1.49. The van der Waals surface area contributed by atoms with Gasteiger partial charge < -0.3 is 10.6 Å². The van der Waals surface area contributed by atoms with Crippen molar-refractivity contribution in [2.45, 2.75) is 52.0 Å². The molecular weight excluding hydrogens is 487 g/mol. The van der Waals surface area contributed by atoms with Crippen LogP contribution < -0.4 is 15.4 Å². The molecule has 3 N–H and O–H groups in total. The molecule has 0 radical (unpaired) electrons. The van der Waals surface area contributed by atoms with Gasteiger partial charge in [0.25, 0.3) is 0 Å². The third kappa shape index (κ3) is 8.65. The minimum Gasteiger partial charge on any atom is -0.357 e. The van der Waals surface area contributed by atoms with Gasteiger partial charge in [0.15, 0.2) is 5.96 Å². The first kappa shape index (κ1) is 25.2. The Morgan fingerprint density at radius 3 is 2.46 bits per heavy atom. The minimum absolute atomic E-state index is 0. The molecule has 0 aliphatic heterocycles. The van der Waals surface area contributed by atoms with Gasteiger partial charge in [-0.25, -0.2) is 13.1 Å². The van der Waals surface area contributed by atoms with E-state index >= 15 is 0 Å². The molecule has 1 saturated carbocycles. The number of halogens is 1.